The second-order valence-corrected chi connectivity index (χ2v) is 21.8. The van der Waals surface area contributed by atoms with Crippen LogP contribution in [0, 0.1) is 0 Å². The summed E-state index contributed by atoms with van der Waals surface area (Å²) >= 11 is 0. The molecule has 0 aliphatic carbocycles. The third kappa shape index (κ3) is 5.74. The molecule has 8 heterocycles. The van der Waals surface area contributed by atoms with E-state index in [9.17, 15) is 0 Å². The topological polar surface area (TPSA) is 31.4 Å². The van der Waals surface area contributed by atoms with E-state index in [1.165, 1.54) is 117 Å². The third-order valence-electron chi connectivity index (χ3n) is 17.9. The molecular formula is C66H52B2N4O2. The van der Waals surface area contributed by atoms with Crippen molar-refractivity contribution in [1.82, 2.24) is 0 Å². The molecule has 0 N–H and O–H groups in total. The normalized spacial score (nSPS) is 16.6. The highest BCUT2D eigenvalue weighted by Crippen LogP contribution is 2.55. The third-order valence-corrected chi connectivity index (χ3v) is 17.9. The number of benzene rings is 9. The van der Waals surface area contributed by atoms with Crippen LogP contribution < -0.4 is 61.9 Å². The number of anilines is 8. The van der Waals surface area contributed by atoms with Crippen LogP contribution in [-0.4, -0.2) is 39.6 Å². The molecule has 9 aromatic rings. The highest BCUT2D eigenvalue weighted by Gasteiger charge is 2.51. The first kappa shape index (κ1) is 41.4. The number of ether oxygens (including phenoxy) is 2. The van der Waals surface area contributed by atoms with Crippen LogP contribution in [-0.2, 0) is 25.7 Å². The Hall–Kier alpha value is -8.09. The molecule has 8 aliphatic heterocycles. The predicted octanol–water partition coefficient (Wildman–Crippen LogP) is 11.2. The first-order chi connectivity index (χ1) is 36.7. The SMILES string of the molecule is c1ccc(-c2ccc3c(c2)Oc2c4c5c(c6c2B3c2cc3c(cc2N6c2ccccc2)Oc2c6c7c(c8c2B3c2ccc(-c3ccccc3)cc2N8c2ccccc2)CCCN7CCC6)CCCN5CCC4)cc1. The first-order valence-corrected chi connectivity index (χ1v) is 27.3. The molecule has 354 valence electrons. The van der Waals surface area contributed by atoms with Crippen molar-refractivity contribution in [3.63, 3.8) is 0 Å². The molecule has 0 amide bonds. The highest BCUT2D eigenvalue weighted by atomic mass is 16.5. The molecule has 0 saturated carbocycles. The van der Waals surface area contributed by atoms with E-state index < -0.39 is 0 Å². The van der Waals surface area contributed by atoms with Gasteiger partial charge in [-0.25, -0.2) is 0 Å². The molecule has 0 spiro atoms. The minimum Gasteiger partial charge on any atom is -0.458 e. The summed E-state index contributed by atoms with van der Waals surface area (Å²) in [4.78, 5) is 10.6. The molecular weight excluding hydrogens is 902 g/mol. The van der Waals surface area contributed by atoms with Crippen molar-refractivity contribution < 1.29 is 9.47 Å². The fourth-order valence-electron chi connectivity index (χ4n) is 15.0. The summed E-state index contributed by atoms with van der Waals surface area (Å²) in [6.45, 7) is 4.22. The number of hydrogen-bond donors (Lipinski definition) is 0. The van der Waals surface area contributed by atoms with E-state index in [2.05, 4.69) is 189 Å². The van der Waals surface area contributed by atoms with Crippen molar-refractivity contribution >= 4 is 91.7 Å². The minimum atomic E-state index is -0.0591. The van der Waals surface area contributed by atoms with Gasteiger partial charge in [-0.1, -0.05) is 127 Å². The van der Waals surface area contributed by atoms with Gasteiger partial charge < -0.3 is 29.1 Å². The van der Waals surface area contributed by atoms with Crippen molar-refractivity contribution in [3.05, 3.63) is 192 Å². The minimum absolute atomic E-state index is 0.0586. The van der Waals surface area contributed by atoms with E-state index in [1.807, 2.05) is 0 Å². The smallest absolute Gasteiger partial charge is 0.256 e. The number of para-hydroxylation sites is 2. The molecule has 9 aromatic carbocycles. The lowest BCUT2D eigenvalue weighted by Gasteiger charge is -2.48. The second-order valence-electron chi connectivity index (χ2n) is 21.8. The average Bonchev–Trinajstić information content (AvgIpc) is 3.47. The number of hydrogen-bond acceptors (Lipinski definition) is 6. The second kappa shape index (κ2) is 15.7. The van der Waals surface area contributed by atoms with Gasteiger partial charge in [-0.15, -0.1) is 0 Å². The zero-order valence-electron chi connectivity index (χ0n) is 41.4. The molecule has 0 bridgehead atoms. The van der Waals surface area contributed by atoms with Gasteiger partial charge >= 0.3 is 0 Å². The summed E-state index contributed by atoms with van der Waals surface area (Å²) in [6.07, 6.45) is 8.65. The Morgan fingerprint density at radius 2 is 0.770 bits per heavy atom. The van der Waals surface area contributed by atoms with Crippen LogP contribution in [0.3, 0.4) is 0 Å². The standard InChI is InChI=1S/C66H52B2N4O2/c1-5-17-41(18-6-1)43-29-31-51-55(37-43)71(45-21-9-3-10-22-45)63-47-25-13-33-69-35-15-27-49(61(47)69)65-59(63)67(51)54-39-53-56(40-58(54)74-65)72(46-23-11-4-12-24-46)64-48-26-14-34-70-36-16-28-50(62(48)70)66-60(64)68(53)52-32-30-44(38-57(52)73-66)42-19-7-2-8-20-42/h1-12,17-24,29-32,37-40H,13-16,25-28,33-36H2. The van der Waals surface area contributed by atoms with E-state index in [1.54, 1.807) is 0 Å². The Kier molecular flexibility index (Phi) is 8.79. The lowest BCUT2D eigenvalue weighted by Crippen LogP contribution is -2.64. The molecule has 0 aromatic heterocycles. The first-order valence-electron chi connectivity index (χ1n) is 27.3. The van der Waals surface area contributed by atoms with E-state index in [-0.39, 0.29) is 13.4 Å². The molecule has 8 aliphatic rings. The monoisotopic (exact) mass is 954 g/mol. The number of rotatable bonds is 4. The fourth-order valence-corrected chi connectivity index (χ4v) is 15.0. The van der Waals surface area contributed by atoms with Gasteiger partial charge in [0.25, 0.3) is 13.4 Å². The Morgan fingerprint density at radius 1 is 0.338 bits per heavy atom. The van der Waals surface area contributed by atoms with Gasteiger partial charge in [0.2, 0.25) is 0 Å². The number of nitrogens with zero attached hydrogens (tertiary/aromatic N) is 4. The van der Waals surface area contributed by atoms with Gasteiger partial charge in [0.1, 0.15) is 23.0 Å². The fraction of sp³-hybridized carbons (Fsp3) is 0.182. The quantitative estimate of drug-likeness (QED) is 0.163. The van der Waals surface area contributed by atoms with Crippen molar-refractivity contribution in [3.8, 4) is 45.3 Å². The summed E-state index contributed by atoms with van der Waals surface area (Å²) in [5.41, 5.74) is 28.6. The molecule has 0 fully saturated rings. The van der Waals surface area contributed by atoms with Crippen LogP contribution in [0.1, 0.15) is 47.9 Å². The van der Waals surface area contributed by atoms with Crippen LogP contribution in [0.25, 0.3) is 22.3 Å². The summed E-state index contributed by atoms with van der Waals surface area (Å²) < 4.78 is 15.4. The summed E-state index contributed by atoms with van der Waals surface area (Å²) in [5.74, 6) is 4.08. The van der Waals surface area contributed by atoms with Crippen molar-refractivity contribution in [2.24, 2.45) is 0 Å². The summed E-state index contributed by atoms with van der Waals surface area (Å²) in [7, 11) is 0. The summed E-state index contributed by atoms with van der Waals surface area (Å²) in [6, 6.07) is 63.5. The highest BCUT2D eigenvalue weighted by molar-refractivity contribution is 7.02. The number of fused-ring (bicyclic) bond motifs is 12. The maximum atomic E-state index is 7.83. The van der Waals surface area contributed by atoms with Gasteiger partial charge in [0, 0.05) is 77.5 Å². The van der Waals surface area contributed by atoms with Crippen LogP contribution in [0.5, 0.6) is 23.0 Å². The Balaban J connectivity index is 0.976. The maximum Gasteiger partial charge on any atom is 0.256 e. The van der Waals surface area contributed by atoms with Crippen LogP contribution in [0.4, 0.5) is 45.5 Å². The zero-order chi connectivity index (χ0) is 48.2. The molecule has 8 heteroatoms. The lowest BCUT2D eigenvalue weighted by molar-refractivity contribution is 0.475. The van der Waals surface area contributed by atoms with E-state index in [0.717, 1.165) is 106 Å². The zero-order valence-corrected chi connectivity index (χ0v) is 41.4. The van der Waals surface area contributed by atoms with Crippen molar-refractivity contribution in [1.29, 1.82) is 0 Å². The maximum absolute atomic E-state index is 7.83. The molecule has 0 radical (unpaired) electrons. The molecule has 0 atom stereocenters. The van der Waals surface area contributed by atoms with E-state index in [0.29, 0.717) is 0 Å². The molecule has 17 rings (SSSR count). The van der Waals surface area contributed by atoms with Crippen LogP contribution in [0.15, 0.2) is 170 Å². The van der Waals surface area contributed by atoms with Crippen LogP contribution in [0.2, 0.25) is 0 Å². The Bertz CT molecular complexity index is 3840. The molecule has 0 saturated heterocycles. The Labute approximate surface area is 433 Å². The lowest BCUT2D eigenvalue weighted by atomic mass is 9.30. The Morgan fingerprint density at radius 3 is 1.30 bits per heavy atom. The molecule has 6 nitrogen and oxygen atoms in total. The molecule has 74 heavy (non-hydrogen) atoms. The van der Waals surface area contributed by atoms with Crippen molar-refractivity contribution in [2.45, 2.75) is 51.4 Å². The van der Waals surface area contributed by atoms with E-state index in [4.69, 9.17) is 9.47 Å². The van der Waals surface area contributed by atoms with Gasteiger partial charge in [-0.05, 0) is 154 Å². The van der Waals surface area contributed by atoms with Gasteiger partial charge in [-0.2, -0.15) is 0 Å². The van der Waals surface area contributed by atoms with Gasteiger partial charge in [-0.3, -0.25) is 0 Å². The molecule has 0 unspecified atom stereocenters. The predicted molar refractivity (Wildman–Crippen MR) is 307 cm³/mol. The average molecular weight is 955 g/mol. The van der Waals surface area contributed by atoms with Crippen LogP contribution >= 0.6 is 0 Å². The van der Waals surface area contributed by atoms with Crippen molar-refractivity contribution in [2.75, 3.05) is 45.8 Å². The summed E-state index contributed by atoms with van der Waals surface area (Å²) in [5, 5.41) is 0. The van der Waals surface area contributed by atoms with Gasteiger partial charge in [0.15, 0.2) is 0 Å². The largest absolute Gasteiger partial charge is 0.458 e. The van der Waals surface area contributed by atoms with E-state index >= 15 is 0 Å². The van der Waals surface area contributed by atoms with Gasteiger partial charge in [0.05, 0.1) is 11.4 Å².